The minimum absolute atomic E-state index is 0.167. The van der Waals surface area contributed by atoms with E-state index >= 15 is 0 Å². The molecule has 0 aliphatic heterocycles. The molecular formula is C23H37F5O4Si. The molecule has 0 bridgehead atoms. The lowest BCUT2D eigenvalue weighted by Crippen LogP contribution is -2.59. The predicted molar refractivity (Wildman–Crippen MR) is 119 cm³/mol. The first kappa shape index (κ1) is 29.8. The largest absolute Gasteiger partial charge is 0.543 e. The Morgan fingerprint density at radius 1 is 0.576 bits per heavy atom. The third kappa shape index (κ3) is 8.49. The molecule has 10 heteroatoms. The summed E-state index contributed by atoms with van der Waals surface area (Å²) in [6, 6.07) is 0. The van der Waals surface area contributed by atoms with Crippen molar-refractivity contribution in [2.24, 2.45) is 0 Å². The Bertz CT molecular complexity index is 662. The summed E-state index contributed by atoms with van der Waals surface area (Å²) >= 11 is 0. The van der Waals surface area contributed by atoms with Crippen LogP contribution in [0, 0.1) is 29.1 Å². The molecule has 0 aliphatic carbocycles. The minimum Gasteiger partial charge on any atom is -0.480 e. The first-order valence-corrected chi connectivity index (χ1v) is 13.7. The third-order valence-electron chi connectivity index (χ3n) is 5.18. The lowest BCUT2D eigenvalue weighted by atomic mass is 10.1. The summed E-state index contributed by atoms with van der Waals surface area (Å²) < 4.78 is 92.5. The van der Waals surface area contributed by atoms with Gasteiger partial charge in [0.2, 0.25) is 29.1 Å². The van der Waals surface area contributed by atoms with Crippen LogP contribution in [-0.2, 0) is 13.3 Å². The molecule has 33 heavy (non-hydrogen) atoms. The number of benzene rings is 1. The molecule has 0 spiro atoms. The maximum Gasteiger partial charge on any atom is 0.543 e. The van der Waals surface area contributed by atoms with Crippen molar-refractivity contribution in [2.75, 3.05) is 19.8 Å². The predicted octanol–water partition coefficient (Wildman–Crippen LogP) is 7.25. The molecular weight excluding hydrogens is 463 g/mol. The van der Waals surface area contributed by atoms with Gasteiger partial charge in [-0.1, -0.05) is 51.9 Å². The van der Waals surface area contributed by atoms with Crippen molar-refractivity contribution in [3.8, 4) is 5.75 Å². The topological polar surface area (TPSA) is 36.9 Å². The molecule has 0 amide bonds. The standard InChI is InChI=1S/C23H37F5O4Si/c1-5-9-10-11-12-13-14-15-16-17(33(29-6-2,30-7-3)31-8-4)32-23-21(27)19(25)18(24)20(26)22(23)28/h17H,5-16H2,1-4H3. The molecule has 0 saturated carbocycles. The van der Waals surface area contributed by atoms with Gasteiger partial charge in [0.15, 0.2) is 11.5 Å². The van der Waals surface area contributed by atoms with E-state index in [1.54, 1.807) is 20.8 Å². The molecule has 0 heterocycles. The van der Waals surface area contributed by atoms with Crippen LogP contribution < -0.4 is 4.74 Å². The average molecular weight is 501 g/mol. The fraction of sp³-hybridized carbons (Fsp3) is 0.739. The van der Waals surface area contributed by atoms with Gasteiger partial charge >= 0.3 is 8.80 Å². The third-order valence-corrected chi connectivity index (χ3v) is 8.45. The van der Waals surface area contributed by atoms with E-state index in [0.29, 0.717) is 6.42 Å². The number of halogens is 5. The fourth-order valence-electron chi connectivity index (χ4n) is 3.61. The Balaban J connectivity index is 3.12. The lowest BCUT2D eigenvalue weighted by Gasteiger charge is -2.35. The van der Waals surface area contributed by atoms with Crippen molar-refractivity contribution in [3.05, 3.63) is 29.1 Å². The van der Waals surface area contributed by atoms with Crippen LogP contribution in [0.15, 0.2) is 0 Å². The lowest BCUT2D eigenvalue weighted by molar-refractivity contribution is 0.0240. The second-order valence-electron chi connectivity index (χ2n) is 7.67. The van der Waals surface area contributed by atoms with Gasteiger partial charge in [-0.05, 0) is 33.6 Å². The summed E-state index contributed by atoms with van der Waals surface area (Å²) in [5.74, 6) is -11.8. The zero-order valence-electron chi connectivity index (χ0n) is 20.1. The zero-order chi connectivity index (χ0) is 24.9. The van der Waals surface area contributed by atoms with Crippen LogP contribution in [0.1, 0.15) is 85.5 Å². The minimum atomic E-state index is -3.68. The van der Waals surface area contributed by atoms with Crippen LogP contribution in [0.5, 0.6) is 5.75 Å². The molecule has 1 aromatic carbocycles. The van der Waals surface area contributed by atoms with E-state index in [1.165, 1.54) is 12.8 Å². The normalized spacial score (nSPS) is 12.9. The first-order chi connectivity index (χ1) is 15.8. The highest BCUT2D eigenvalue weighted by Crippen LogP contribution is 2.33. The molecule has 0 saturated heterocycles. The van der Waals surface area contributed by atoms with Crippen molar-refractivity contribution in [2.45, 2.75) is 91.2 Å². The maximum absolute atomic E-state index is 14.3. The van der Waals surface area contributed by atoms with Gasteiger partial charge in [-0.15, -0.1) is 0 Å². The summed E-state index contributed by atoms with van der Waals surface area (Å²) in [7, 11) is -3.68. The summed E-state index contributed by atoms with van der Waals surface area (Å²) in [6.45, 7) is 7.75. The van der Waals surface area contributed by atoms with Crippen molar-refractivity contribution >= 4 is 8.80 Å². The van der Waals surface area contributed by atoms with E-state index in [0.717, 1.165) is 32.1 Å². The van der Waals surface area contributed by atoms with Gasteiger partial charge < -0.3 is 18.0 Å². The Labute approximate surface area is 195 Å². The van der Waals surface area contributed by atoms with Crippen LogP contribution >= 0.6 is 0 Å². The number of hydrogen-bond donors (Lipinski definition) is 0. The summed E-state index contributed by atoms with van der Waals surface area (Å²) in [5, 5.41) is 0. The van der Waals surface area contributed by atoms with Gasteiger partial charge in [-0.2, -0.15) is 8.78 Å². The molecule has 0 radical (unpaired) electrons. The van der Waals surface area contributed by atoms with E-state index in [9.17, 15) is 22.0 Å². The second-order valence-corrected chi connectivity index (χ2v) is 10.4. The Morgan fingerprint density at radius 2 is 0.970 bits per heavy atom. The van der Waals surface area contributed by atoms with Crippen LogP contribution in [0.25, 0.3) is 0 Å². The molecule has 4 nitrogen and oxygen atoms in total. The van der Waals surface area contributed by atoms with Gasteiger partial charge in [0.1, 0.15) is 0 Å². The molecule has 0 aliphatic rings. The van der Waals surface area contributed by atoms with Crippen LogP contribution in [0.4, 0.5) is 22.0 Å². The first-order valence-electron chi connectivity index (χ1n) is 11.9. The molecule has 0 aromatic heterocycles. The summed E-state index contributed by atoms with van der Waals surface area (Å²) in [4.78, 5) is 0. The molecule has 192 valence electrons. The summed E-state index contributed by atoms with van der Waals surface area (Å²) in [5.41, 5.74) is -1.13. The quantitative estimate of drug-likeness (QED) is 0.0700. The highest BCUT2D eigenvalue weighted by Gasteiger charge is 2.52. The van der Waals surface area contributed by atoms with Crippen molar-refractivity contribution in [1.29, 1.82) is 0 Å². The Kier molecular flexibility index (Phi) is 14.1. The van der Waals surface area contributed by atoms with E-state index < -0.39 is 49.4 Å². The molecule has 1 aromatic rings. The molecule has 1 unspecified atom stereocenters. The molecule has 0 fully saturated rings. The number of unbranched alkanes of at least 4 members (excludes halogenated alkanes) is 7. The average Bonchev–Trinajstić information content (AvgIpc) is 2.80. The fourth-order valence-corrected chi connectivity index (χ4v) is 6.44. The monoisotopic (exact) mass is 500 g/mol. The van der Waals surface area contributed by atoms with E-state index in [4.69, 9.17) is 18.0 Å². The Hall–Kier alpha value is -1.23. The maximum atomic E-state index is 14.3. The second kappa shape index (κ2) is 15.6. The number of hydrogen-bond acceptors (Lipinski definition) is 4. The van der Waals surface area contributed by atoms with Gasteiger partial charge in [0, 0.05) is 19.8 Å². The highest BCUT2D eigenvalue weighted by atomic mass is 28.4. The molecule has 1 rings (SSSR count). The van der Waals surface area contributed by atoms with E-state index in [2.05, 4.69) is 6.92 Å². The van der Waals surface area contributed by atoms with E-state index in [1.807, 2.05) is 0 Å². The highest BCUT2D eigenvalue weighted by molar-refractivity contribution is 6.62. The van der Waals surface area contributed by atoms with Crippen LogP contribution in [-0.4, -0.2) is 34.4 Å². The zero-order valence-corrected chi connectivity index (χ0v) is 21.1. The summed E-state index contributed by atoms with van der Waals surface area (Å²) in [6.07, 6.45) is 8.33. The van der Waals surface area contributed by atoms with Crippen molar-refractivity contribution in [3.63, 3.8) is 0 Å². The SMILES string of the molecule is CCCCCCCCCCC(Oc1c(F)c(F)c(F)c(F)c1F)[Si](OCC)(OCC)OCC. The Morgan fingerprint density at radius 3 is 1.39 bits per heavy atom. The van der Waals surface area contributed by atoms with Crippen molar-refractivity contribution in [1.82, 2.24) is 0 Å². The smallest absolute Gasteiger partial charge is 0.480 e. The van der Waals surface area contributed by atoms with Crippen LogP contribution in [0.2, 0.25) is 0 Å². The van der Waals surface area contributed by atoms with Gasteiger partial charge in [-0.3, -0.25) is 0 Å². The van der Waals surface area contributed by atoms with Gasteiger partial charge in [0.25, 0.3) is 0 Å². The number of rotatable bonds is 18. The molecule has 1 atom stereocenters. The van der Waals surface area contributed by atoms with Crippen molar-refractivity contribution < 1.29 is 40.0 Å². The van der Waals surface area contributed by atoms with Crippen LogP contribution in [0.3, 0.4) is 0 Å². The number of ether oxygens (including phenoxy) is 1. The molecule has 0 N–H and O–H groups in total. The van der Waals surface area contributed by atoms with Gasteiger partial charge in [-0.25, -0.2) is 13.2 Å². The van der Waals surface area contributed by atoms with Gasteiger partial charge in [0.05, 0.1) is 0 Å². The van der Waals surface area contributed by atoms with E-state index in [-0.39, 0.29) is 26.2 Å².